The molecule has 0 bridgehead atoms. The summed E-state index contributed by atoms with van der Waals surface area (Å²) < 4.78 is 0. The van der Waals surface area contributed by atoms with Gasteiger partial charge in [-0.05, 0) is 34.7 Å². The van der Waals surface area contributed by atoms with Gasteiger partial charge in [0.25, 0.3) is 0 Å². The summed E-state index contributed by atoms with van der Waals surface area (Å²) in [6, 6.07) is 0.331. The molecule has 0 rings (SSSR count). The van der Waals surface area contributed by atoms with Crippen molar-refractivity contribution in [1.82, 2.24) is 4.90 Å². The molecule has 2 nitrogen and oxygen atoms in total. The van der Waals surface area contributed by atoms with Gasteiger partial charge in [-0.1, -0.05) is 0 Å². The molecule has 0 aliphatic carbocycles. The molecule has 0 aromatic carbocycles. The van der Waals surface area contributed by atoms with Crippen LogP contribution in [0.2, 0.25) is 0 Å². The van der Waals surface area contributed by atoms with Gasteiger partial charge in [0.2, 0.25) is 0 Å². The minimum atomic E-state index is -0.936. The van der Waals surface area contributed by atoms with Crippen LogP contribution in [-0.4, -0.2) is 23.7 Å². The molecule has 0 aromatic heterocycles. The monoisotopic (exact) mass is 130 g/mol. The van der Waals surface area contributed by atoms with E-state index in [1.807, 2.05) is 20.9 Å². The number of hydrogen-bond donors (Lipinski definition) is 0. The first kappa shape index (κ1) is 8.92. The standard InChI is InChI=1S/C7H16NO/c1-6(2)8(5)7(3,4)9/h6H,1-5H3. The van der Waals surface area contributed by atoms with E-state index in [1.54, 1.807) is 18.7 Å². The zero-order chi connectivity index (χ0) is 7.65. The van der Waals surface area contributed by atoms with Crippen LogP contribution in [0.5, 0.6) is 0 Å². The van der Waals surface area contributed by atoms with Crippen LogP contribution in [0.3, 0.4) is 0 Å². The molecule has 1 radical (unpaired) electrons. The second kappa shape index (κ2) is 2.67. The maximum atomic E-state index is 11.2. The average Bonchev–Trinajstić information content (AvgIpc) is 1.62. The fourth-order valence-electron chi connectivity index (χ4n) is 0.622. The first-order valence-corrected chi connectivity index (χ1v) is 3.29. The third kappa shape index (κ3) is 2.82. The van der Waals surface area contributed by atoms with Gasteiger partial charge in [0, 0.05) is 6.04 Å². The highest BCUT2D eigenvalue weighted by Crippen LogP contribution is 2.10. The summed E-state index contributed by atoms with van der Waals surface area (Å²) in [5.41, 5.74) is -0.936. The molecule has 0 saturated carbocycles. The van der Waals surface area contributed by atoms with E-state index in [1.165, 1.54) is 0 Å². The second-order valence-corrected chi connectivity index (χ2v) is 3.15. The van der Waals surface area contributed by atoms with Crippen LogP contribution in [0.25, 0.3) is 0 Å². The van der Waals surface area contributed by atoms with E-state index in [0.29, 0.717) is 6.04 Å². The SMILES string of the molecule is CC(C)N(C)C(C)(C)[O]. The Balaban J connectivity index is 3.88. The van der Waals surface area contributed by atoms with Crippen molar-refractivity contribution in [3.05, 3.63) is 0 Å². The topological polar surface area (TPSA) is 23.1 Å². The number of nitrogens with zero attached hydrogens (tertiary/aromatic N) is 1. The van der Waals surface area contributed by atoms with E-state index in [0.717, 1.165) is 0 Å². The molecule has 0 aliphatic rings. The van der Waals surface area contributed by atoms with Gasteiger partial charge < -0.3 is 0 Å². The highest BCUT2D eigenvalue weighted by Gasteiger charge is 2.23. The predicted molar refractivity (Wildman–Crippen MR) is 37.7 cm³/mol. The van der Waals surface area contributed by atoms with E-state index < -0.39 is 5.72 Å². The molecule has 0 heterocycles. The van der Waals surface area contributed by atoms with Crippen molar-refractivity contribution < 1.29 is 5.11 Å². The van der Waals surface area contributed by atoms with Gasteiger partial charge in [0.05, 0.1) is 0 Å². The van der Waals surface area contributed by atoms with Crippen LogP contribution >= 0.6 is 0 Å². The summed E-state index contributed by atoms with van der Waals surface area (Å²) in [6.45, 7) is 7.37. The molecule has 0 fully saturated rings. The van der Waals surface area contributed by atoms with Gasteiger partial charge in [-0.15, -0.1) is 0 Å². The quantitative estimate of drug-likeness (QED) is 0.519. The Morgan fingerprint density at radius 1 is 1.33 bits per heavy atom. The van der Waals surface area contributed by atoms with Gasteiger partial charge in [-0.3, -0.25) is 4.90 Å². The Morgan fingerprint density at radius 3 is 1.67 bits per heavy atom. The highest BCUT2D eigenvalue weighted by atomic mass is 16.3. The van der Waals surface area contributed by atoms with Crippen molar-refractivity contribution in [3.8, 4) is 0 Å². The normalized spacial score (nSPS) is 13.3. The van der Waals surface area contributed by atoms with E-state index >= 15 is 0 Å². The second-order valence-electron chi connectivity index (χ2n) is 3.15. The minimum Gasteiger partial charge on any atom is -0.274 e. The molecule has 55 valence electrons. The first-order chi connectivity index (χ1) is 3.85. The summed E-state index contributed by atoms with van der Waals surface area (Å²) in [6.07, 6.45) is 0. The molecule has 0 amide bonds. The van der Waals surface area contributed by atoms with E-state index in [9.17, 15) is 5.11 Å². The summed E-state index contributed by atoms with van der Waals surface area (Å²) in [7, 11) is 1.84. The Labute approximate surface area is 57.5 Å². The van der Waals surface area contributed by atoms with Crippen LogP contribution < -0.4 is 0 Å². The third-order valence-corrected chi connectivity index (χ3v) is 1.62. The van der Waals surface area contributed by atoms with Crippen LogP contribution in [0, 0.1) is 0 Å². The van der Waals surface area contributed by atoms with Gasteiger partial charge in [0.15, 0.2) is 5.72 Å². The summed E-state index contributed by atoms with van der Waals surface area (Å²) >= 11 is 0. The molecule has 0 aliphatic heterocycles. The molecule has 0 aromatic rings. The third-order valence-electron chi connectivity index (χ3n) is 1.62. The average molecular weight is 130 g/mol. The molecule has 0 saturated heterocycles. The van der Waals surface area contributed by atoms with Crippen molar-refractivity contribution in [3.63, 3.8) is 0 Å². The van der Waals surface area contributed by atoms with Gasteiger partial charge in [-0.2, -0.15) is 0 Å². The van der Waals surface area contributed by atoms with E-state index in [4.69, 9.17) is 0 Å². The van der Waals surface area contributed by atoms with Crippen molar-refractivity contribution in [2.24, 2.45) is 0 Å². The van der Waals surface area contributed by atoms with Crippen LogP contribution in [0.4, 0.5) is 0 Å². The maximum Gasteiger partial charge on any atom is 0.151 e. The fourth-order valence-corrected chi connectivity index (χ4v) is 0.622. The van der Waals surface area contributed by atoms with Crippen LogP contribution in [0.1, 0.15) is 27.7 Å². The van der Waals surface area contributed by atoms with Crippen molar-refractivity contribution in [1.29, 1.82) is 0 Å². The van der Waals surface area contributed by atoms with Crippen molar-refractivity contribution >= 4 is 0 Å². The van der Waals surface area contributed by atoms with Crippen LogP contribution in [0.15, 0.2) is 0 Å². The maximum absolute atomic E-state index is 11.2. The Morgan fingerprint density at radius 2 is 1.67 bits per heavy atom. The number of hydrogen-bond acceptors (Lipinski definition) is 1. The van der Waals surface area contributed by atoms with E-state index in [-0.39, 0.29) is 0 Å². The molecule has 0 N–H and O–H groups in total. The summed E-state index contributed by atoms with van der Waals surface area (Å²) in [4.78, 5) is 1.80. The zero-order valence-corrected chi connectivity index (χ0v) is 6.93. The Bertz CT molecular complexity index is 83.4. The molecule has 0 atom stereocenters. The molecule has 2 heteroatoms. The smallest absolute Gasteiger partial charge is 0.151 e. The van der Waals surface area contributed by atoms with Crippen molar-refractivity contribution in [2.45, 2.75) is 39.5 Å². The lowest BCUT2D eigenvalue weighted by molar-refractivity contribution is -0.127. The first-order valence-electron chi connectivity index (χ1n) is 3.29. The molecule has 0 spiro atoms. The van der Waals surface area contributed by atoms with E-state index in [2.05, 4.69) is 0 Å². The van der Waals surface area contributed by atoms with Gasteiger partial charge >= 0.3 is 0 Å². The lowest BCUT2D eigenvalue weighted by Gasteiger charge is -2.31. The largest absolute Gasteiger partial charge is 0.274 e. The lowest BCUT2D eigenvalue weighted by Crippen LogP contribution is -2.43. The van der Waals surface area contributed by atoms with Gasteiger partial charge in [-0.25, -0.2) is 5.11 Å². The van der Waals surface area contributed by atoms with Gasteiger partial charge in [0.1, 0.15) is 0 Å². The Hall–Kier alpha value is -0.0800. The lowest BCUT2D eigenvalue weighted by atomic mass is 10.2. The zero-order valence-electron chi connectivity index (χ0n) is 6.93. The molecular weight excluding hydrogens is 114 g/mol. The fraction of sp³-hybridized carbons (Fsp3) is 1.00. The predicted octanol–water partition coefficient (Wildman–Crippen LogP) is 1.49. The van der Waals surface area contributed by atoms with Crippen molar-refractivity contribution in [2.75, 3.05) is 7.05 Å². The molecular formula is C7H16NO. The summed E-state index contributed by atoms with van der Waals surface area (Å²) in [5, 5.41) is 11.2. The molecule has 0 unspecified atom stereocenters. The summed E-state index contributed by atoms with van der Waals surface area (Å²) in [5.74, 6) is 0. The Kier molecular flexibility index (Phi) is 2.65. The van der Waals surface area contributed by atoms with Crippen LogP contribution in [-0.2, 0) is 5.11 Å². The number of rotatable bonds is 2. The highest BCUT2D eigenvalue weighted by molar-refractivity contribution is 4.67. The minimum absolute atomic E-state index is 0.331. The molecule has 9 heavy (non-hydrogen) atoms.